The Kier molecular flexibility index (Phi) is 3.06. The lowest BCUT2D eigenvalue weighted by Gasteiger charge is -2.18. The van der Waals surface area contributed by atoms with Gasteiger partial charge < -0.3 is 15.2 Å². The molecule has 1 heterocycles. The number of rotatable bonds is 3. The molecule has 16 heavy (non-hydrogen) atoms. The summed E-state index contributed by atoms with van der Waals surface area (Å²) in [6, 6.07) is 4.17. The van der Waals surface area contributed by atoms with Crippen molar-refractivity contribution in [1.82, 2.24) is 0 Å². The molecule has 2 N–H and O–H groups in total. The van der Waals surface area contributed by atoms with E-state index in [9.17, 15) is 0 Å². The molecule has 0 bridgehead atoms. The Balaban J connectivity index is 2.48. The van der Waals surface area contributed by atoms with Crippen LogP contribution >= 0.6 is 0 Å². The topological polar surface area (TPSA) is 44.5 Å². The van der Waals surface area contributed by atoms with Crippen LogP contribution in [0, 0.1) is 0 Å². The van der Waals surface area contributed by atoms with E-state index in [2.05, 4.69) is 32.9 Å². The maximum absolute atomic E-state index is 5.75. The fourth-order valence-electron chi connectivity index (χ4n) is 2.03. The molecule has 1 aromatic carbocycles. The summed E-state index contributed by atoms with van der Waals surface area (Å²) in [5.41, 5.74) is 8.33. The van der Waals surface area contributed by atoms with E-state index in [1.807, 2.05) is 0 Å². The summed E-state index contributed by atoms with van der Waals surface area (Å²) in [5.74, 6) is 2.53. The zero-order valence-corrected chi connectivity index (χ0v) is 10.1. The summed E-state index contributed by atoms with van der Waals surface area (Å²) < 4.78 is 10.8. The Hall–Kier alpha value is -1.22. The summed E-state index contributed by atoms with van der Waals surface area (Å²) >= 11 is 0. The van der Waals surface area contributed by atoms with E-state index in [0.717, 1.165) is 11.5 Å². The molecule has 1 aliphatic rings. The van der Waals surface area contributed by atoms with Crippen LogP contribution < -0.4 is 15.2 Å². The molecular formula is C13H19NO2. The molecule has 0 amide bonds. The molecule has 88 valence electrons. The molecule has 0 saturated heterocycles. The highest BCUT2D eigenvalue weighted by Crippen LogP contribution is 2.39. The minimum absolute atomic E-state index is 0.327. The van der Waals surface area contributed by atoms with Gasteiger partial charge in [0.2, 0.25) is 6.79 Å². The van der Waals surface area contributed by atoms with Gasteiger partial charge in [-0.05, 0) is 41.6 Å². The van der Waals surface area contributed by atoms with Crippen molar-refractivity contribution < 1.29 is 9.47 Å². The smallest absolute Gasteiger partial charge is 0.231 e. The van der Waals surface area contributed by atoms with Gasteiger partial charge in [0.05, 0.1) is 0 Å². The zero-order chi connectivity index (χ0) is 11.7. The Morgan fingerprint density at radius 1 is 1.12 bits per heavy atom. The molecule has 3 heteroatoms. The predicted octanol–water partition coefficient (Wildman–Crippen LogP) is 2.60. The summed E-state index contributed by atoms with van der Waals surface area (Å²) in [5, 5.41) is 0. The normalized spacial score (nSPS) is 15.6. The van der Waals surface area contributed by atoms with Gasteiger partial charge in [0.1, 0.15) is 0 Å². The van der Waals surface area contributed by atoms with Crippen molar-refractivity contribution in [2.24, 2.45) is 5.73 Å². The summed E-state index contributed by atoms with van der Waals surface area (Å²) in [4.78, 5) is 0. The van der Waals surface area contributed by atoms with E-state index in [1.165, 1.54) is 11.1 Å². The largest absolute Gasteiger partial charge is 0.454 e. The van der Waals surface area contributed by atoms with Crippen molar-refractivity contribution in [2.45, 2.75) is 32.6 Å². The van der Waals surface area contributed by atoms with Gasteiger partial charge in [-0.1, -0.05) is 20.8 Å². The Labute approximate surface area is 96.5 Å². The highest BCUT2D eigenvalue weighted by molar-refractivity contribution is 5.50. The van der Waals surface area contributed by atoms with E-state index in [1.54, 1.807) is 0 Å². The third-order valence-electron chi connectivity index (χ3n) is 3.08. The van der Waals surface area contributed by atoms with Crippen molar-refractivity contribution in [2.75, 3.05) is 13.3 Å². The summed E-state index contributed by atoms with van der Waals surface area (Å²) in [7, 11) is 0. The number of benzene rings is 1. The van der Waals surface area contributed by atoms with E-state index in [4.69, 9.17) is 15.2 Å². The summed E-state index contributed by atoms with van der Waals surface area (Å²) in [6.45, 7) is 7.49. The fraction of sp³-hybridized carbons (Fsp3) is 0.538. The van der Waals surface area contributed by atoms with Gasteiger partial charge in [-0.15, -0.1) is 0 Å². The van der Waals surface area contributed by atoms with Crippen molar-refractivity contribution in [3.63, 3.8) is 0 Å². The van der Waals surface area contributed by atoms with Crippen molar-refractivity contribution >= 4 is 0 Å². The van der Waals surface area contributed by atoms with Crippen molar-refractivity contribution in [1.29, 1.82) is 0 Å². The number of ether oxygens (including phenoxy) is 2. The number of hydrogen-bond donors (Lipinski definition) is 1. The van der Waals surface area contributed by atoms with Gasteiger partial charge in [-0.2, -0.15) is 0 Å². The molecular weight excluding hydrogens is 202 g/mol. The first kappa shape index (κ1) is 11.3. The van der Waals surface area contributed by atoms with Crippen LogP contribution in [-0.4, -0.2) is 13.3 Å². The first-order valence-electron chi connectivity index (χ1n) is 5.77. The second-order valence-electron chi connectivity index (χ2n) is 4.63. The standard InChI is InChI=1S/C13H19NO2/c1-8(2)10-4-12-13(16-7-15-12)5-11(10)9(3)6-14/h4-5,8-9H,6-7,14H2,1-3H3. The Bertz CT molecular complexity index is 388. The van der Waals surface area contributed by atoms with Gasteiger partial charge in [0, 0.05) is 0 Å². The predicted molar refractivity (Wildman–Crippen MR) is 64.1 cm³/mol. The average molecular weight is 221 g/mol. The van der Waals surface area contributed by atoms with Crippen molar-refractivity contribution in [3.05, 3.63) is 23.3 Å². The molecule has 0 spiro atoms. The SMILES string of the molecule is CC(C)c1cc2c(cc1C(C)CN)OCO2. The Morgan fingerprint density at radius 2 is 1.69 bits per heavy atom. The molecule has 0 radical (unpaired) electrons. The van der Waals surface area contributed by atoms with E-state index < -0.39 is 0 Å². The molecule has 0 saturated carbocycles. The highest BCUT2D eigenvalue weighted by Gasteiger charge is 2.20. The third kappa shape index (κ3) is 1.87. The van der Waals surface area contributed by atoms with Gasteiger partial charge in [-0.3, -0.25) is 0 Å². The average Bonchev–Trinajstić information content (AvgIpc) is 2.73. The Morgan fingerprint density at radius 3 is 2.19 bits per heavy atom. The van der Waals surface area contributed by atoms with Crippen LogP contribution in [0.5, 0.6) is 11.5 Å². The molecule has 0 aromatic heterocycles. The minimum Gasteiger partial charge on any atom is -0.454 e. The van der Waals surface area contributed by atoms with Crippen LogP contribution in [0.25, 0.3) is 0 Å². The van der Waals surface area contributed by atoms with Gasteiger partial charge >= 0.3 is 0 Å². The maximum Gasteiger partial charge on any atom is 0.231 e. The first-order chi connectivity index (χ1) is 7.63. The van der Waals surface area contributed by atoms with E-state index in [-0.39, 0.29) is 0 Å². The second-order valence-corrected chi connectivity index (χ2v) is 4.63. The van der Waals surface area contributed by atoms with Crippen LogP contribution in [0.4, 0.5) is 0 Å². The second kappa shape index (κ2) is 4.34. The van der Waals surface area contributed by atoms with Gasteiger partial charge in [0.15, 0.2) is 11.5 Å². The minimum atomic E-state index is 0.327. The molecule has 1 aliphatic heterocycles. The molecule has 2 rings (SSSR count). The lowest BCUT2D eigenvalue weighted by molar-refractivity contribution is 0.174. The highest BCUT2D eigenvalue weighted by atomic mass is 16.7. The van der Waals surface area contributed by atoms with Crippen molar-refractivity contribution in [3.8, 4) is 11.5 Å². The van der Waals surface area contributed by atoms with Gasteiger partial charge in [0.25, 0.3) is 0 Å². The van der Waals surface area contributed by atoms with Crippen LogP contribution in [0.2, 0.25) is 0 Å². The lowest BCUT2D eigenvalue weighted by atomic mass is 9.89. The van der Waals surface area contributed by atoms with Crippen LogP contribution in [0.3, 0.4) is 0 Å². The molecule has 1 unspecified atom stereocenters. The molecule has 0 fully saturated rings. The molecule has 1 atom stereocenters. The lowest BCUT2D eigenvalue weighted by Crippen LogP contribution is -2.11. The van der Waals surface area contributed by atoms with Crippen LogP contribution in [-0.2, 0) is 0 Å². The van der Waals surface area contributed by atoms with Crippen LogP contribution in [0.1, 0.15) is 43.7 Å². The van der Waals surface area contributed by atoms with E-state index in [0.29, 0.717) is 25.2 Å². The number of hydrogen-bond acceptors (Lipinski definition) is 3. The van der Waals surface area contributed by atoms with Gasteiger partial charge in [-0.25, -0.2) is 0 Å². The monoisotopic (exact) mass is 221 g/mol. The maximum atomic E-state index is 5.75. The molecule has 3 nitrogen and oxygen atoms in total. The summed E-state index contributed by atoms with van der Waals surface area (Å²) in [6.07, 6.45) is 0. The van der Waals surface area contributed by atoms with Crippen LogP contribution in [0.15, 0.2) is 12.1 Å². The first-order valence-corrected chi connectivity index (χ1v) is 5.77. The van der Waals surface area contributed by atoms with E-state index >= 15 is 0 Å². The number of nitrogens with two attached hydrogens (primary N) is 1. The zero-order valence-electron chi connectivity index (χ0n) is 10.1. The molecule has 0 aliphatic carbocycles. The number of fused-ring (bicyclic) bond motifs is 1. The fourth-order valence-corrected chi connectivity index (χ4v) is 2.03. The third-order valence-corrected chi connectivity index (χ3v) is 3.08. The quantitative estimate of drug-likeness (QED) is 0.853. The molecule has 1 aromatic rings.